The third-order valence-corrected chi connectivity index (χ3v) is 4.50. The molecule has 4 N–H and O–H groups in total. The molecule has 1 aliphatic rings. The number of carbonyl (C=O) groups excluding carboxylic acids is 1. The minimum Gasteiger partial charge on any atom is -0.370 e. The van der Waals surface area contributed by atoms with Gasteiger partial charge in [-0.15, -0.1) is 24.0 Å². The summed E-state index contributed by atoms with van der Waals surface area (Å²) in [6.07, 6.45) is 2.16. The fourth-order valence-electron chi connectivity index (χ4n) is 3.28. The van der Waals surface area contributed by atoms with Crippen LogP contribution in [0.15, 0.2) is 47.5 Å². The lowest BCUT2D eigenvalue weighted by Gasteiger charge is -2.16. The maximum atomic E-state index is 12.2. The molecular formula is C21H28IN5O. The van der Waals surface area contributed by atoms with Crippen LogP contribution in [0.25, 0.3) is 0 Å². The molecular weight excluding hydrogens is 465 g/mol. The summed E-state index contributed by atoms with van der Waals surface area (Å²) < 4.78 is 0. The highest BCUT2D eigenvalue weighted by Gasteiger charge is 2.17. The largest absolute Gasteiger partial charge is 0.370 e. The topological polar surface area (TPSA) is 82.7 Å². The molecule has 150 valence electrons. The Morgan fingerprint density at radius 2 is 1.71 bits per heavy atom. The van der Waals surface area contributed by atoms with Gasteiger partial charge in [0, 0.05) is 24.5 Å². The molecule has 2 aromatic carbocycles. The SMILES string of the molecule is Cc1cc(C)cc(NC(N)=NCc2cccc(NC(=O)N3CCCC3)c2)c1.I. The number of halogens is 1. The van der Waals surface area contributed by atoms with Crippen molar-refractivity contribution in [1.82, 2.24) is 4.90 Å². The molecule has 2 aromatic rings. The Hall–Kier alpha value is -2.29. The molecule has 0 aromatic heterocycles. The molecule has 1 saturated heterocycles. The van der Waals surface area contributed by atoms with Crippen LogP contribution in [0.3, 0.4) is 0 Å². The Kier molecular flexibility index (Phi) is 8.10. The summed E-state index contributed by atoms with van der Waals surface area (Å²) in [4.78, 5) is 18.5. The quantitative estimate of drug-likeness (QED) is 0.334. The highest BCUT2D eigenvalue weighted by Crippen LogP contribution is 2.16. The van der Waals surface area contributed by atoms with Gasteiger partial charge in [0.05, 0.1) is 6.54 Å². The third kappa shape index (κ3) is 6.40. The number of rotatable bonds is 4. The normalized spacial score (nSPS) is 13.8. The van der Waals surface area contributed by atoms with Gasteiger partial charge in [0.25, 0.3) is 0 Å². The zero-order chi connectivity index (χ0) is 19.2. The van der Waals surface area contributed by atoms with Crippen molar-refractivity contribution in [3.63, 3.8) is 0 Å². The van der Waals surface area contributed by atoms with Gasteiger partial charge >= 0.3 is 6.03 Å². The number of nitrogens with one attached hydrogen (secondary N) is 2. The minimum atomic E-state index is -0.0378. The van der Waals surface area contributed by atoms with E-state index in [1.807, 2.05) is 55.1 Å². The number of guanidine groups is 1. The van der Waals surface area contributed by atoms with Crippen LogP contribution in [0.4, 0.5) is 16.2 Å². The van der Waals surface area contributed by atoms with Gasteiger partial charge < -0.3 is 21.3 Å². The Balaban J connectivity index is 0.00000280. The van der Waals surface area contributed by atoms with E-state index in [4.69, 9.17) is 5.73 Å². The number of urea groups is 1. The Morgan fingerprint density at radius 1 is 1.04 bits per heavy atom. The van der Waals surface area contributed by atoms with Gasteiger partial charge in [-0.05, 0) is 67.6 Å². The van der Waals surface area contributed by atoms with Crippen LogP contribution in [0.2, 0.25) is 0 Å². The third-order valence-electron chi connectivity index (χ3n) is 4.50. The first-order chi connectivity index (χ1) is 13.0. The van der Waals surface area contributed by atoms with Crippen LogP contribution < -0.4 is 16.4 Å². The van der Waals surface area contributed by atoms with Gasteiger partial charge in [0.2, 0.25) is 0 Å². The molecule has 2 amide bonds. The molecule has 0 radical (unpaired) electrons. The van der Waals surface area contributed by atoms with E-state index in [1.54, 1.807) is 0 Å². The highest BCUT2D eigenvalue weighted by molar-refractivity contribution is 14.0. The van der Waals surface area contributed by atoms with Crippen molar-refractivity contribution in [1.29, 1.82) is 0 Å². The molecule has 7 heteroatoms. The molecule has 0 spiro atoms. The van der Waals surface area contributed by atoms with E-state index in [1.165, 1.54) is 11.1 Å². The summed E-state index contributed by atoms with van der Waals surface area (Å²) in [5.74, 6) is 0.367. The average Bonchev–Trinajstić information content (AvgIpc) is 3.14. The first-order valence-corrected chi connectivity index (χ1v) is 9.30. The van der Waals surface area contributed by atoms with Crippen molar-refractivity contribution in [3.8, 4) is 0 Å². The van der Waals surface area contributed by atoms with Crippen molar-refractivity contribution in [2.75, 3.05) is 23.7 Å². The first kappa shape index (κ1) is 22.0. The Morgan fingerprint density at radius 3 is 2.39 bits per heavy atom. The molecule has 1 aliphatic heterocycles. The lowest BCUT2D eigenvalue weighted by atomic mass is 10.1. The van der Waals surface area contributed by atoms with Gasteiger partial charge in [0.1, 0.15) is 0 Å². The molecule has 0 bridgehead atoms. The standard InChI is InChI=1S/C21H27N5O.HI/c1-15-10-16(2)12-19(11-15)24-20(22)23-14-17-6-5-7-18(13-17)25-21(27)26-8-3-4-9-26;/h5-7,10-13H,3-4,8-9,14H2,1-2H3,(H,25,27)(H3,22,23,24);1H. The summed E-state index contributed by atoms with van der Waals surface area (Å²) in [5.41, 5.74) is 11.1. The number of nitrogens with zero attached hydrogens (tertiary/aromatic N) is 2. The summed E-state index contributed by atoms with van der Waals surface area (Å²) in [6.45, 7) is 6.20. The number of hydrogen-bond acceptors (Lipinski definition) is 2. The predicted octanol–water partition coefficient (Wildman–Crippen LogP) is 4.48. The molecule has 0 aliphatic carbocycles. The molecule has 28 heavy (non-hydrogen) atoms. The first-order valence-electron chi connectivity index (χ1n) is 9.30. The monoisotopic (exact) mass is 493 g/mol. The second-order valence-electron chi connectivity index (χ2n) is 7.03. The van der Waals surface area contributed by atoms with Gasteiger partial charge in [-0.25, -0.2) is 9.79 Å². The number of aliphatic imine (C=N–C) groups is 1. The number of nitrogens with two attached hydrogens (primary N) is 1. The van der Waals surface area contributed by atoms with Crippen LogP contribution in [-0.2, 0) is 6.54 Å². The van der Waals surface area contributed by atoms with Crippen LogP contribution in [0.1, 0.15) is 29.5 Å². The zero-order valence-corrected chi connectivity index (χ0v) is 18.7. The van der Waals surface area contributed by atoms with Gasteiger partial charge in [-0.1, -0.05) is 18.2 Å². The fourth-order valence-corrected chi connectivity index (χ4v) is 3.28. The van der Waals surface area contributed by atoms with E-state index in [-0.39, 0.29) is 30.0 Å². The molecule has 0 atom stereocenters. The van der Waals surface area contributed by atoms with E-state index in [2.05, 4.69) is 21.7 Å². The number of likely N-dealkylation sites (tertiary alicyclic amines) is 1. The van der Waals surface area contributed by atoms with E-state index < -0.39 is 0 Å². The summed E-state index contributed by atoms with van der Waals surface area (Å²) in [5, 5.41) is 6.08. The van der Waals surface area contributed by atoms with Crippen LogP contribution in [0, 0.1) is 13.8 Å². The van der Waals surface area contributed by atoms with Crippen molar-refractivity contribution < 1.29 is 4.79 Å². The van der Waals surface area contributed by atoms with Gasteiger partial charge in [0.15, 0.2) is 5.96 Å². The lowest BCUT2D eigenvalue weighted by Crippen LogP contribution is -2.32. The van der Waals surface area contributed by atoms with Crippen molar-refractivity contribution in [2.24, 2.45) is 10.7 Å². The van der Waals surface area contributed by atoms with Gasteiger partial charge in [-0.3, -0.25) is 0 Å². The average molecular weight is 493 g/mol. The van der Waals surface area contributed by atoms with Crippen molar-refractivity contribution in [3.05, 3.63) is 59.2 Å². The molecule has 0 unspecified atom stereocenters. The number of hydrogen-bond donors (Lipinski definition) is 3. The minimum absolute atomic E-state index is 0. The molecule has 1 fully saturated rings. The Bertz CT molecular complexity index is 826. The van der Waals surface area contributed by atoms with E-state index in [0.29, 0.717) is 12.5 Å². The van der Waals surface area contributed by atoms with Gasteiger partial charge in [-0.2, -0.15) is 0 Å². The maximum absolute atomic E-state index is 12.2. The van der Waals surface area contributed by atoms with E-state index >= 15 is 0 Å². The van der Waals surface area contributed by atoms with Crippen LogP contribution in [0.5, 0.6) is 0 Å². The second kappa shape index (κ2) is 10.3. The second-order valence-corrected chi connectivity index (χ2v) is 7.03. The number of carbonyl (C=O) groups is 1. The van der Waals surface area contributed by atoms with Crippen molar-refractivity contribution >= 4 is 47.3 Å². The summed E-state index contributed by atoms with van der Waals surface area (Å²) in [6, 6.07) is 13.8. The lowest BCUT2D eigenvalue weighted by molar-refractivity contribution is 0.222. The maximum Gasteiger partial charge on any atom is 0.321 e. The number of amides is 2. The Labute approximate surface area is 183 Å². The molecule has 1 heterocycles. The van der Waals surface area contributed by atoms with E-state index in [9.17, 15) is 4.79 Å². The highest BCUT2D eigenvalue weighted by atomic mass is 127. The predicted molar refractivity (Wildman–Crippen MR) is 127 cm³/mol. The zero-order valence-electron chi connectivity index (χ0n) is 16.4. The summed E-state index contributed by atoms with van der Waals surface area (Å²) >= 11 is 0. The van der Waals surface area contributed by atoms with E-state index in [0.717, 1.165) is 42.9 Å². The summed E-state index contributed by atoms with van der Waals surface area (Å²) in [7, 11) is 0. The molecule has 0 saturated carbocycles. The van der Waals surface area contributed by atoms with Crippen LogP contribution >= 0.6 is 24.0 Å². The number of aryl methyl sites for hydroxylation is 2. The molecule has 3 rings (SSSR count). The smallest absolute Gasteiger partial charge is 0.321 e. The number of anilines is 2. The molecule has 6 nitrogen and oxygen atoms in total. The van der Waals surface area contributed by atoms with Crippen LogP contribution in [-0.4, -0.2) is 30.0 Å². The fraction of sp³-hybridized carbons (Fsp3) is 0.333. The van der Waals surface area contributed by atoms with Crippen molar-refractivity contribution in [2.45, 2.75) is 33.2 Å². The number of benzene rings is 2.